The van der Waals surface area contributed by atoms with E-state index in [1.807, 2.05) is 11.9 Å². The van der Waals surface area contributed by atoms with Gasteiger partial charge in [0.1, 0.15) is 0 Å². The lowest BCUT2D eigenvalue weighted by Crippen LogP contribution is -2.54. The topological polar surface area (TPSA) is 44.8 Å². The quantitative estimate of drug-likeness (QED) is 0.835. The van der Waals surface area contributed by atoms with Crippen molar-refractivity contribution in [3.05, 3.63) is 0 Å². The normalized spacial score (nSPS) is 29.7. The van der Waals surface area contributed by atoms with E-state index in [0.717, 1.165) is 45.8 Å². The van der Waals surface area contributed by atoms with Gasteiger partial charge in [-0.25, -0.2) is 0 Å². The molecule has 21 heavy (non-hydrogen) atoms. The predicted molar refractivity (Wildman–Crippen MR) is 82.3 cm³/mol. The van der Waals surface area contributed by atoms with Gasteiger partial charge in [0.2, 0.25) is 5.91 Å². The van der Waals surface area contributed by atoms with Crippen LogP contribution in [0.15, 0.2) is 0 Å². The molecule has 3 fully saturated rings. The molecule has 1 amide bonds. The summed E-state index contributed by atoms with van der Waals surface area (Å²) < 4.78 is 5.49. The highest BCUT2D eigenvalue weighted by Crippen LogP contribution is 2.39. The van der Waals surface area contributed by atoms with Gasteiger partial charge in [0.15, 0.2) is 0 Å². The molecule has 1 N–H and O–H groups in total. The van der Waals surface area contributed by atoms with Crippen LogP contribution < -0.4 is 5.32 Å². The Morgan fingerprint density at radius 2 is 2.05 bits per heavy atom. The Kier molecular flexibility index (Phi) is 4.82. The predicted octanol–water partition coefficient (Wildman–Crippen LogP) is 0.842. The third kappa shape index (κ3) is 3.25. The number of nitrogens with one attached hydrogen (secondary N) is 1. The molecule has 0 aromatic rings. The molecule has 2 saturated heterocycles. The van der Waals surface area contributed by atoms with Crippen LogP contribution in [0.2, 0.25) is 0 Å². The van der Waals surface area contributed by atoms with Crippen LogP contribution in [0.4, 0.5) is 0 Å². The van der Waals surface area contributed by atoms with Gasteiger partial charge in [0.25, 0.3) is 0 Å². The summed E-state index contributed by atoms with van der Waals surface area (Å²) in [7, 11) is 1.99. The van der Waals surface area contributed by atoms with Gasteiger partial charge in [0, 0.05) is 44.7 Å². The molecule has 1 unspecified atom stereocenters. The molecule has 0 spiro atoms. The van der Waals surface area contributed by atoms with E-state index < -0.39 is 0 Å². The third-order valence-electron chi connectivity index (χ3n) is 5.67. The van der Waals surface area contributed by atoms with Crippen molar-refractivity contribution in [3.8, 4) is 0 Å². The molecular formula is C16H29N3O2. The summed E-state index contributed by atoms with van der Waals surface area (Å²) in [6, 6.07) is 0.389. The van der Waals surface area contributed by atoms with Crippen molar-refractivity contribution < 1.29 is 9.53 Å². The molecule has 3 aliphatic rings. The van der Waals surface area contributed by atoms with Gasteiger partial charge < -0.3 is 15.0 Å². The summed E-state index contributed by atoms with van der Waals surface area (Å²) >= 11 is 0. The molecule has 3 rings (SSSR count). The fourth-order valence-electron chi connectivity index (χ4n) is 4.26. The first-order chi connectivity index (χ1) is 10.2. The van der Waals surface area contributed by atoms with Crippen LogP contribution in [0.5, 0.6) is 0 Å². The van der Waals surface area contributed by atoms with E-state index >= 15 is 0 Å². The zero-order valence-corrected chi connectivity index (χ0v) is 13.3. The number of amides is 1. The first kappa shape index (κ1) is 15.3. The molecule has 1 saturated carbocycles. The van der Waals surface area contributed by atoms with Crippen molar-refractivity contribution in [3.63, 3.8) is 0 Å². The zero-order chi connectivity index (χ0) is 14.7. The van der Waals surface area contributed by atoms with Crippen molar-refractivity contribution in [1.29, 1.82) is 0 Å². The van der Waals surface area contributed by atoms with Crippen LogP contribution in [0.1, 0.15) is 38.5 Å². The van der Waals surface area contributed by atoms with Gasteiger partial charge in [-0.1, -0.05) is 12.8 Å². The highest BCUT2D eigenvalue weighted by Gasteiger charge is 2.42. The van der Waals surface area contributed by atoms with E-state index in [4.69, 9.17) is 4.74 Å². The number of carbonyl (C=O) groups is 1. The van der Waals surface area contributed by atoms with E-state index in [0.29, 0.717) is 18.4 Å². The van der Waals surface area contributed by atoms with Crippen molar-refractivity contribution in [1.82, 2.24) is 15.1 Å². The van der Waals surface area contributed by atoms with Gasteiger partial charge in [-0.3, -0.25) is 9.69 Å². The Morgan fingerprint density at radius 1 is 1.33 bits per heavy atom. The maximum atomic E-state index is 12.8. The van der Waals surface area contributed by atoms with Crippen LogP contribution in [-0.2, 0) is 9.53 Å². The number of carbonyl (C=O) groups excluding carboxylic acids is 1. The van der Waals surface area contributed by atoms with Crippen LogP contribution in [0, 0.1) is 0 Å². The monoisotopic (exact) mass is 295 g/mol. The van der Waals surface area contributed by atoms with Gasteiger partial charge in [-0.2, -0.15) is 0 Å². The lowest BCUT2D eigenvalue weighted by Gasteiger charge is -2.44. The fourth-order valence-corrected chi connectivity index (χ4v) is 4.26. The number of hydrogen-bond donors (Lipinski definition) is 1. The minimum atomic E-state index is 0.112. The van der Waals surface area contributed by atoms with Gasteiger partial charge in [-0.15, -0.1) is 0 Å². The first-order valence-corrected chi connectivity index (χ1v) is 8.50. The van der Waals surface area contributed by atoms with E-state index in [-0.39, 0.29) is 5.54 Å². The summed E-state index contributed by atoms with van der Waals surface area (Å²) in [4.78, 5) is 17.3. The molecule has 5 nitrogen and oxygen atoms in total. The molecule has 0 aromatic heterocycles. The van der Waals surface area contributed by atoms with E-state index in [9.17, 15) is 4.79 Å². The maximum absolute atomic E-state index is 12.8. The Labute approximate surface area is 128 Å². The number of likely N-dealkylation sites (N-methyl/N-ethyl adjacent to an activating group) is 1. The van der Waals surface area contributed by atoms with Gasteiger partial charge in [-0.05, 0) is 25.8 Å². The summed E-state index contributed by atoms with van der Waals surface area (Å²) in [5.74, 6) is 0.331. The van der Waals surface area contributed by atoms with Crippen molar-refractivity contribution in [2.24, 2.45) is 0 Å². The lowest BCUT2D eigenvalue weighted by molar-refractivity contribution is -0.136. The maximum Gasteiger partial charge on any atom is 0.224 e. The molecule has 5 heteroatoms. The average molecular weight is 295 g/mol. The molecule has 0 radical (unpaired) electrons. The first-order valence-electron chi connectivity index (χ1n) is 8.50. The standard InChI is InChI=1S/C16H29N3O2/c1-18(14-4-7-17-13-14)15(20)12-16(5-2-3-6-16)19-8-10-21-11-9-19/h14,17H,2-13H2,1H3. The van der Waals surface area contributed by atoms with E-state index in [1.54, 1.807) is 0 Å². The summed E-state index contributed by atoms with van der Waals surface area (Å²) in [5, 5.41) is 3.35. The van der Waals surface area contributed by atoms with Crippen LogP contribution in [0.25, 0.3) is 0 Å². The minimum absolute atomic E-state index is 0.112. The molecule has 1 atom stereocenters. The molecule has 0 bridgehead atoms. The lowest BCUT2D eigenvalue weighted by atomic mass is 9.89. The van der Waals surface area contributed by atoms with Crippen molar-refractivity contribution in [2.45, 2.75) is 50.1 Å². The number of morpholine rings is 1. The Bertz CT molecular complexity index is 357. The van der Waals surface area contributed by atoms with E-state index in [2.05, 4.69) is 10.2 Å². The summed E-state index contributed by atoms with van der Waals surface area (Å²) in [5.41, 5.74) is 0.112. The molecule has 2 aliphatic heterocycles. The second-order valence-corrected chi connectivity index (χ2v) is 6.86. The summed E-state index contributed by atoms with van der Waals surface area (Å²) in [6.07, 6.45) is 6.66. The summed E-state index contributed by atoms with van der Waals surface area (Å²) in [6.45, 7) is 5.60. The van der Waals surface area contributed by atoms with Crippen LogP contribution in [0.3, 0.4) is 0 Å². The molecule has 2 heterocycles. The smallest absolute Gasteiger partial charge is 0.224 e. The van der Waals surface area contributed by atoms with E-state index in [1.165, 1.54) is 25.7 Å². The highest BCUT2D eigenvalue weighted by atomic mass is 16.5. The second-order valence-electron chi connectivity index (χ2n) is 6.86. The highest BCUT2D eigenvalue weighted by molar-refractivity contribution is 5.77. The number of ether oxygens (including phenoxy) is 1. The SMILES string of the molecule is CN(C(=O)CC1(N2CCOCC2)CCCC1)C1CCNC1. The molecular weight excluding hydrogens is 266 g/mol. The van der Waals surface area contributed by atoms with Crippen molar-refractivity contribution >= 4 is 5.91 Å². The molecule has 120 valence electrons. The largest absolute Gasteiger partial charge is 0.379 e. The van der Waals surface area contributed by atoms with Gasteiger partial charge >= 0.3 is 0 Å². The van der Waals surface area contributed by atoms with Gasteiger partial charge in [0.05, 0.1) is 13.2 Å². The fraction of sp³-hybridized carbons (Fsp3) is 0.938. The van der Waals surface area contributed by atoms with Crippen LogP contribution >= 0.6 is 0 Å². The molecule has 1 aliphatic carbocycles. The Balaban J connectivity index is 1.65. The second kappa shape index (κ2) is 6.63. The number of hydrogen-bond acceptors (Lipinski definition) is 4. The Morgan fingerprint density at radius 3 is 2.67 bits per heavy atom. The van der Waals surface area contributed by atoms with Crippen molar-refractivity contribution in [2.75, 3.05) is 46.4 Å². The zero-order valence-electron chi connectivity index (χ0n) is 13.3. The number of rotatable bonds is 4. The number of nitrogens with zero attached hydrogens (tertiary/aromatic N) is 2. The minimum Gasteiger partial charge on any atom is -0.379 e. The van der Waals surface area contributed by atoms with Crippen LogP contribution in [-0.4, -0.2) is 73.7 Å². The third-order valence-corrected chi connectivity index (χ3v) is 5.67. The molecule has 0 aromatic carbocycles. The Hall–Kier alpha value is -0.650. The average Bonchev–Trinajstić information content (AvgIpc) is 3.19.